The van der Waals surface area contributed by atoms with E-state index >= 15 is 0 Å². The fourth-order valence-electron chi connectivity index (χ4n) is 4.70. The summed E-state index contributed by atoms with van der Waals surface area (Å²) in [5, 5.41) is 2.39. The first kappa shape index (κ1) is 20.1. The van der Waals surface area contributed by atoms with Crippen LogP contribution in [0.15, 0.2) is 91.0 Å². The van der Waals surface area contributed by atoms with Crippen molar-refractivity contribution >= 4 is 22.4 Å². The van der Waals surface area contributed by atoms with Crippen molar-refractivity contribution in [3.8, 4) is 11.5 Å². The monoisotopic (exact) mass is 423 g/mol. The summed E-state index contributed by atoms with van der Waals surface area (Å²) in [7, 11) is 3.31. The van der Waals surface area contributed by atoms with E-state index in [9.17, 15) is 4.79 Å². The number of hydrogen-bond donors (Lipinski definition) is 0. The molecule has 0 radical (unpaired) electrons. The van der Waals surface area contributed by atoms with Gasteiger partial charge in [0.2, 0.25) is 5.91 Å². The number of nitrogens with zero attached hydrogens (tertiary/aromatic N) is 1. The second-order valence-corrected chi connectivity index (χ2v) is 8.10. The van der Waals surface area contributed by atoms with Gasteiger partial charge in [-0.3, -0.25) is 4.79 Å². The zero-order valence-electron chi connectivity index (χ0n) is 18.2. The van der Waals surface area contributed by atoms with E-state index in [-0.39, 0.29) is 17.9 Å². The van der Waals surface area contributed by atoms with Gasteiger partial charge >= 0.3 is 0 Å². The van der Waals surface area contributed by atoms with Crippen molar-refractivity contribution in [3.63, 3.8) is 0 Å². The molecule has 5 rings (SSSR count). The Hall–Kier alpha value is -3.79. The van der Waals surface area contributed by atoms with Gasteiger partial charge in [0.25, 0.3) is 0 Å². The zero-order chi connectivity index (χ0) is 22.1. The summed E-state index contributed by atoms with van der Waals surface area (Å²) in [4.78, 5) is 15.3. The fraction of sp³-hybridized carbons (Fsp3) is 0.179. The van der Waals surface area contributed by atoms with Crippen LogP contribution < -0.4 is 14.4 Å². The molecular formula is C28H25NO3. The number of carbonyl (C=O) groups excluding carboxylic acids is 1. The van der Waals surface area contributed by atoms with Crippen LogP contribution in [0.3, 0.4) is 0 Å². The third-order valence-corrected chi connectivity index (χ3v) is 6.33. The summed E-state index contributed by atoms with van der Waals surface area (Å²) < 4.78 is 10.7. The van der Waals surface area contributed by atoms with E-state index in [1.54, 1.807) is 14.2 Å². The average Bonchev–Trinajstić information content (AvgIpc) is 3.20. The second kappa shape index (κ2) is 8.39. The molecule has 4 aromatic rings. The Kier molecular flexibility index (Phi) is 5.28. The highest BCUT2D eigenvalue weighted by Gasteiger charge is 2.42. The van der Waals surface area contributed by atoms with Gasteiger partial charge in [-0.05, 0) is 58.3 Å². The molecule has 0 saturated carbocycles. The molecule has 1 saturated heterocycles. The molecule has 1 aliphatic heterocycles. The van der Waals surface area contributed by atoms with Gasteiger partial charge in [0.15, 0.2) is 0 Å². The molecule has 4 aromatic carbocycles. The van der Waals surface area contributed by atoms with Crippen molar-refractivity contribution < 1.29 is 14.3 Å². The smallest absolute Gasteiger partial charge is 0.228 e. The fourth-order valence-corrected chi connectivity index (χ4v) is 4.70. The maximum absolute atomic E-state index is 13.4. The second-order valence-electron chi connectivity index (χ2n) is 8.10. The summed E-state index contributed by atoms with van der Waals surface area (Å²) in [6, 6.07) is 30.5. The third kappa shape index (κ3) is 3.58. The van der Waals surface area contributed by atoms with Gasteiger partial charge in [-0.2, -0.15) is 0 Å². The van der Waals surface area contributed by atoms with Crippen molar-refractivity contribution in [1.29, 1.82) is 0 Å². The molecule has 160 valence electrons. The topological polar surface area (TPSA) is 38.8 Å². The molecular weight excluding hydrogens is 398 g/mol. The van der Waals surface area contributed by atoms with Crippen LogP contribution >= 0.6 is 0 Å². The summed E-state index contributed by atoms with van der Waals surface area (Å²) in [5.41, 5.74) is 3.14. The minimum absolute atomic E-state index is 0.0441. The Morgan fingerprint density at radius 3 is 1.97 bits per heavy atom. The van der Waals surface area contributed by atoms with Crippen molar-refractivity contribution in [2.75, 3.05) is 19.1 Å². The molecule has 0 aliphatic carbocycles. The maximum Gasteiger partial charge on any atom is 0.228 e. The Bertz CT molecular complexity index is 1250. The van der Waals surface area contributed by atoms with E-state index in [0.29, 0.717) is 6.42 Å². The third-order valence-electron chi connectivity index (χ3n) is 6.33. The number of fused-ring (bicyclic) bond motifs is 1. The van der Waals surface area contributed by atoms with Crippen molar-refractivity contribution in [1.82, 2.24) is 0 Å². The minimum Gasteiger partial charge on any atom is -0.497 e. The van der Waals surface area contributed by atoms with Crippen molar-refractivity contribution in [2.24, 2.45) is 0 Å². The summed E-state index contributed by atoms with van der Waals surface area (Å²) >= 11 is 0. The highest BCUT2D eigenvalue weighted by Crippen LogP contribution is 2.47. The number of hydrogen-bond acceptors (Lipinski definition) is 3. The first-order valence-corrected chi connectivity index (χ1v) is 10.8. The summed E-state index contributed by atoms with van der Waals surface area (Å²) in [6.45, 7) is 0. The SMILES string of the molecule is COc1ccc([C@@H]2[C@H](c3ccc4ccccc4c3)CC(=O)N2c2ccc(OC)cc2)cc1. The van der Waals surface area contributed by atoms with Gasteiger partial charge < -0.3 is 14.4 Å². The molecule has 4 nitrogen and oxygen atoms in total. The Morgan fingerprint density at radius 1 is 0.719 bits per heavy atom. The van der Waals surface area contributed by atoms with Gasteiger partial charge in [-0.15, -0.1) is 0 Å². The molecule has 2 atom stereocenters. The van der Waals surface area contributed by atoms with Crippen LogP contribution in [0.4, 0.5) is 5.69 Å². The molecule has 0 spiro atoms. The molecule has 1 fully saturated rings. The Morgan fingerprint density at radius 2 is 1.31 bits per heavy atom. The molecule has 0 bridgehead atoms. The normalized spacial score (nSPS) is 18.2. The number of methoxy groups -OCH3 is 2. The Labute approximate surface area is 188 Å². The lowest BCUT2D eigenvalue weighted by atomic mass is 9.86. The van der Waals surface area contributed by atoms with Crippen molar-refractivity contribution in [2.45, 2.75) is 18.4 Å². The van der Waals surface area contributed by atoms with E-state index in [1.165, 1.54) is 16.3 Å². The predicted molar refractivity (Wildman–Crippen MR) is 128 cm³/mol. The lowest BCUT2D eigenvalue weighted by Gasteiger charge is -2.29. The predicted octanol–water partition coefficient (Wildman–Crippen LogP) is 6.12. The van der Waals surface area contributed by atoms with Gasteiger partial charge in [-0.25, -0.2) is 0 Å². The van der Waals surface area contributed by atoms with Crippen LogP contribution in [0.25, 0.3) is 10.8 Å². The molecule has 0 N–H and O–H groups in total. The summed E-state index contributed by atoms with van der Waals surface area (Å²) in [5.74, 6) is 1.74. The van der Waals surface area contributed by atoms with Gasteiger partial charge in [0.1, 0.15) is 11.5 Å². The molecule has 4 heteroatoms. The number of rotatable bonds is 5. The minimum atomic E-state index is -0.108. The van der Waals surface area contributed by atoms with E-state index in [4.69, 9.17) is 9.47 Å². The highest BCUT2D eigenvalue weighted by molar-refractivity contribution is 5.98. The van der Waals surface area contributed by atoms with Crippen molar-refractivity contribution in [3.05, 3.63) is 102 Å². The highest BCUT2D eigenvalue weighted by atomic mass is 16.5. The number of anilines is 1. The molecule has 32 heavy (non-hydrogen) atoms. The standard InChI is InChI=1S/C28H25NO3/c1-31-24-13-9-20(10-14-24)28-26(22-8-7-19-5-3-4-6-21(19)17-22)18-27(30)29(28)23-11-15-25(32-2)16-12-23/h3-17,26,28H,18H2,1-2H3/t26-,28+/m0/s1. The number of carbonyl (C=O) groups is 1. The number of amides is 1. The van der Waals surface area contributed by atoms with Crippen LogP contribution in [0, 0.1) is 0 Å². The maximum atomic E-state index is 13.4. The van der Waals surface area contributed by atoms with Crippen LogP contribution in [0.1, 0.15) is 29.5 Å². The largest absolute Gasteiger partial charge is 0.497 e. The van der Waals surface area contributed by atoms with Gasteiger partial charge in [-0.1, -0.05) is 54.6 Å². The van der Waals surface area contributed by atoms with E-state index in [0.717, 1.165) is 22.7 Å². The molecule has 1 aliphatic rings. The van der Waals surface area contributed by atoms with E-state index in [1.807, 2.05) is 47.4 Å². The van der Waals surface area contributed by atoms with Crippen LogP contribution in [-0.2, 0) is 4.79 Å². The van der Waals surface area contributed by atoms with Gasteiger partial charge in [0.05, 0.1) is 20.3 Å². The molecule has 1 amide bonds. The first-order valence-electron chi connectivity index (χ1n) is 10.8. The van der Waals surface area contributed by atoms with Crippen LogP contribution in [-0.4, -0.2) is 20.1 Å². The van der Waals surface area contributed by atoms with Gasteiger partial charge in [0, 0.05) is 18.0 Å². The van der Waals surface area contributed by atoms with Crippen LogP contribution in [0.2, 0.25) is 0 Å². The molecule has 1 heterocycles. The van der Waals surface area contributed by atoms with Crippen LogP contribution in [0.5, 0.6) is 11.5 Å². The zero-order valence-corrected chi connectivity index (χ0v) is 18.2. The Balaban J connectivity index is 1.61. The number of ether oxygens (including phenoxy) is 2. The summed E-state index contributed by atoms with van der Waals surface area (Å²) in [6.07, 6.45) is 0.459. The van der Waals surface area contributed by atoms with E-state index < -0.39 is 0 Å². The van der Waals surface area contributed by atoms with E-state index in [2.05, 4.69) is 48.5 Å². The lowest BCUT2D eigenvalue weighted by Crippen LogP contribution is -2.28. The quantitative estimate of drug-likeness (QED) is 0.388. The first-order chi connectivity index (χ1) is 15.7. The molecule has 0 unspecified atom stereocenters. The lowest BCUT2D eigenvalue weighted by molar-refractivity contribution is -0.117. The average molecular weight is 424 g/mol. The molecule has 0 aromatic heterocycles. The number of benzene rings is 4.